The summed E-state index contributed by atoms with van der Waals surface area (Å²) in [6.45, 7) is 7.47. The van der Waals surface area contributed by atoms with Crippen molar-refractivity contribution in [2.24, 2.45) is 7.05 Å². The normalized spacial score (nSPS) is 16.8. The number of fused-ring (bicyclic) bond motifs is 2. The molecule has 0 radical (unpaired) electrons. The summed E-state index contributed by atoms with van der Waals surface area (Å²) in [5, 5.41) is 1.24. The second-order valence-corrected chi connectivity index (χ2v) is 9.62. The molecule has 1 aliphatic heterocycles. The van der Waals surface area contributed by atoms with E-state index in [9.17, 15) is 4.79 Å². The van der Waals surface area contributed by atoms with E-state index in [1.54, 1.807) is 4.57 Å². The number of benzene rings is 1. The maximum absolute atomic E-state index is 12.7. The first-order valence-corrected chi connectivity index (χ1v) is 12.5. The molecule has 174 valence electrons. The van der Waals surface area contributed by atoms with Crippen LogP contribution in [0.3, 0.4) is 0 Å². The molecule has 3 aromatic rings. The molecule has 2 aromatic heterocycles. The molecule has 6 heteroatoms. The number of aromatic nitrogens is 3. The molecule has 1 aromatic carbocycles. The number of hydrogen-bond donors (Lipinski definition) is 0. The van der Waals surface area contributed by atoms with Gasteiger partial charge in [-0.05, 0) is 69.7 Å². The Hall–Kier alpha value is -2.73. The Morgan fingerprint density at radius 1 is 0.970 bits per heavy atom. The van der Waals surface area contributed by atoms with E-state index >= 15 is 0 Å². The van der Waals surface area contributed by atoms with Crippen molar-refractivity contribution in [3.63, 3.8) is 0 Å². The number of piperazine rings is 1. The molecule has 2 aliphatic rings. The number of unbranched alkanes of at least 4 members (excludes halogenated alkanes) is 1. The van der Waals surface area contributed by atoms with Crippen LogP contribution in [0.5, 0.6) is 0 Å². The lowest BCUT2D eigenvalue weighted by Crippen LogP contribution is -2.47. The zero-order valence-corrected chi connectivity index (χ0v) is 20.0. The molecular weight excluding hydrogens is 410 g/mol. The quantitative estimate of drug-likeness (QED) is 0.542. The van der Waals surface area contributed by atoms with Gasteiger partial charge < -0.3 is 4.90 Å². The summed E-state index contributed by atoms with van der Waals surface area (Å²) < 4.78 is 1.79. The molecule has 1 saturated heterocycles. The molecular formula is C27H35N5O. The molecule has 1 fully saturated rings. The highest BCUT2D eigenvalue weighted by Gasteiger charge is 2.20. The van der Waals surface area contributed by atoms with Crippen LogP contribution >= 0.6 is 0 Å². The summed E-state index contributed by atoms with van der Waals surface area (Å²) >= 11 is 0. The Morgan fingerprint density at radius 3 is 2.61 bits per heavy atom. The Balaban J connectivity index is 1.12. The van der Waals surface area contributed by atoms with Crippen molar-refractivity contribution in [1.82, 2.24) is 19.4 Å². The molecule has 0 atom stereocenters. The van der Waals surface area contributed by atoms with Crippen molar-refractivity contribution in [3.05, 3.63) is 63.3 Å². The van der Waals surface area contributed by atoms with Gasteiger partial charge >= 0.3 is 0 Å². The van der Waals surface area contributed by atoms with Crippen molar-refractivity contribution in [2.45, 2.75) is 51.9 Å². The largest absolute Gasteiger partial charge is 0.354 e. The first-order chi connectivity index (χ1) is 16.1. The Morgan fingerprint density at radius 2 is 1.76 bits per heavy atom. The van der Waals surface area contributed by atoms with Crippen LogP contribution in [0.1, 0.15) is 48.3 Å². The van der Waals surface area contributed by atoms with Crippen molar-refractivity contribution >= 4 is 16.7 Å². The van der Waals surface area contributed by atoms with Crippen LogP contribution in [0.15, 0.2) is 35.1 Å². The van der Waals surface area contributed by atoms with Crippen molar-refractivity contribution in [2.75, 3.05) is 37.6 Å². The van der Waals surface area contributed by atoms with Gasteiger partial charge in [-0.2, -0.15) is 0 Å². The van der Waals surface area contributed by atoms with E-state index in [-0.39, 0.29) is 5.56 Å². The molecule has 0 amide bonds. The lowest BCUT2D eigenvalue weighted by molar-refractivity contribution is 0.252. The minimum Gasteiger partial charge on any atom is -0.354 e. The van der Waals surface area contributed by atoms with E-state index in [0.717, 1.165) is 106 Å². The van der Waals surface area contributed by atoms with Gasteiger partial charge in [0.1, 0.15) is 11.6 Å². The van der Waals surface area contributed by atoms with E-state index < -0.39 is 0 Å². The molecule has 33 heavy (non-hydrogen) atoms. The van der Waals surface area contributed by atoms with Crippen LogP contribution in [0.25, 0.3) is 10.9 Å². The minimum absolute atomic E-state index is 0.184. The number of rotatable bonds is 6. The third-order valence-electron chi connectivity index (χ3n) is 7.38. The molecule has 1 aliphatic carbocycles. The fourth-order valence-corrected chi connectivity index (χ4v) is 5.33. The van der Waals surface area contributed by atoms with Gasteiger partial charge in [0.05, 0.1) is 11.2 Å². The Labute approximate surface area is 196 Å². The van der Waals surface area contributed by atoms with Gasteiger partial charge in [0, 0.05) is 50.6 Å². The van der Waals surface area contributed by atoms with Crippen molar-refractivity contribution in [1.29, 1.82) is 0 Å². The standard InChI is InChI=1S/C27H35N5O/c1-20-19-26(29-23-11-5-3-9-21(20)23)32-17-15-31(16-18-32)14-8-7-13-25-28-24-12-6-4-10-22(24)27(33)30(25)2/h3,5,9,11,19H,4,6-8,10,12-18H2,1-2H3. The molecule has 0 bridgehead atoms. The van der Waals surface area contributed by atoms with Crippen LogP contribution in [0.2, 0.25) is 0 Å². The van der Waals surface area contributed by atoms with Crippen LogP contribution in [-0.4, -0.2) is 52.2 Å². The highest BCUT2D eigenvalue weighted by molar-refractivity contribution is 5.83. The van der Waals surface area contributed by atoms with Crippen molar-refractivity contribution in [3.8, 4) is 0 Å². The van der Waals surface area contributed by atoms with E-state index in [2.05, 4.69) is 47.1 Å². The predicted octanol–water partition coefficient (Wildman–Crippen LogP) is 3.66. The van der Waals surface area contributed by atoms with Gasteiger partial charge in [-0.3, -0.25) is 14.3 Å². The third-order valence-corrected chi connectivity index (χ3v) is 7.38. The predicted molar refractivity (Wildman–Crippen MR) is 134 cm³/mol. The SMILES string of the molecule is Cc1cc(N2CCN(CCCCc3nc4c(c(=O)n3C)CCCC4)CC2)nc2ccccc12. The van der Waals surface area contributed by atoms with E-state index in [1.807, 2.05) is 7.05 Å². The fourth-order valence-electron chi connectivity index (χ4n) is 5.33. The number of nitrogens with zero attached hydrogens (tertiary/aromatic N) is 5. The maximum atomic E-state index is 12.7. The number of aryl methyl sites for hydroxylation is 3. The summed E-state index contributed by atoms with van der Waals surface area (Å²) in [5.41, 5.74) is 4.58. The third kappa shape index (κ3) is 4.67. The summed E-state index contributed by atoms with van der Waals surface area (Å²) in [5.74, 6) is 2.06. The van der Waals surface area contributed by atoms with E-state index in [4.69, 9.17) is 9.97 Å². The Bertz CT molecular complexity index is 1190. The van der Waals surface area contributed by atoms with Gasteiger partial charge in [-0.25, -0.2) is 9.97 Å². The zero-order chi connectivity index (χ0) is 22.8. The number of pyridine rings is 1. The van der Waals surface area contributed by atoms with Gasteiger partial charge in [0.25, 0.3) is 5.56 Å². The number of anilines is 1. The van der Waals surface area contributed by atoms with Crippen molar-refractivity contribution < 1.29 is 0 Å². The lowest BCUT2D eigenvalue weighted by atomic mass is 9.97. The van der Waals surface area contributed by atoms with Crippen LogP contribution in [-0.2, 0) is 26.3 Å². The second-order valence-electron chi connectivity index (χ2n) is 9.62. The average Bonchev–Trinajstić information content (AvgIpc) is 2.85. The van der Waals surface area contributed by atoms with E-state index in [1.165, 1.54) is 10.9 Å². The fraction of sp³-hybridized carbons (Fsp3) is 0.519. The lowest BCUT2D eigenvalue weighted by Gasteiger charge is -2.35. The number of para-hydroxylation sites is 1. The summed E-state index contributed by atoms with van der Waals surface area (Å²) in [7, 11) is 1.89. The summed E-state index contributed by atoms with van der Waals surface area (Å²) in [6, 6.07) is 10.6. The van der Waals surface area contributed by atoms with Gasteiger partial charge in [0.15, 0.2) is 0 Å². The first-order valence-electron chi connectivity index (χ1n) is 12.5. The van der Waals surface area contributed by atoms with Gasteiger partial charge in [0.2, 0.25) is 0 Å². The monoisotopic (exact) mass is 445 g/mol. The molecule has 3 heterocycles. The average molecular weight is 446 g/mol. The summed E-state index contributed by atoms with van der Waals surface area (Å²) in [6.07, 6.45) is 7.24. The second kappa shape index (κ2) is 9.64. The minimum atomic E-state index is 0.184. The van der Waals surface area contributed by atoms with Crippen LogP contribution in [0.4, 0.5) is 5.82 Å². The highest BCUT2D eigenvalue weighted by atomic mass is 16.1. The molecule has 0 N–H and O–H groups in total. The van der Waals surface area contributed by atoms with Gasteiger partial charge in [-0.1, -0.05) is 18.2 Å². The summed E-state index contributed by atoms with van der Waals surface area (Å²) in [4.78, 5) is 27.4. The number of hydrogen-bond acceptors (Lipinski definition) is 5. The van der Waals surface area contributed by atoms with Crippen LogP contribution in [0, 0.1) is 6.92 Å². The molecule has 0 saturated carbocycles. The smallest absolute Gasteiger partial charge is 0.256 e. The maximum Gasteiger partial charge on any atom is 0.256 e. The van der Waals surface area contributed by atoms with Crippen LogP contribution < -0.4 is 10.5 Å². The Kier molecular flexibility index (Phi) is 6.45. The highest BCUT2D eigenvalue weighted by Crippen LogP contribution is 2.23. The first kappa shape index (κ1) is 22.1. The molecule has 6 nitrogen and oxygen atoms in total. The molecule has 5 rings (SSSR count). The molecule has 0 spiro atoms. The molecule has 0 unspecified atom stereocenters. The van der Waals surface area contributed by atoms with Gasteiger partial charge in [-0.15, -0.1) is 0 Å². The topological polar surface area (TPSA) is 54.3 Å². The van der Waals surface area contributed by atoms with E-state index in [0.29, 0.717) is 0 Å². The zero-order valence-electron chi connectivity index (χ0n) is 20.0.